The highest BCUT2D eigenvalue weighted by atomic mass is 35.5. The Hall–Kier alpha value is -1.61. The molecule has 0 atom stereocenters. The molecule has 1 aromatic carbocycles. The number of nitrogens with zero attached hydrogens (tertiary/aromatic N) is 1. The molecule has 0 unspecified atom stereocenters. The predicted octanol–water partition coefficient (Wildman–Crippen LogP) is 3.54. The summed E-state index contributed by atoms with van der Waals surface area (Å²) in [7, 11) is 0. The van der Waals surface area contributed by atoms with Gasteiger partial charge in [0.15, 0.2) is 0 Å². The van der Waals surface area contributed by atoms with E-state index in [9.17, 15) is 4.39 Å². The van der Waals surface area contributed by atoms with E-state index >= 15 is 0 Å². The number of alkyl halides is 1. The minimum Gasteiger partial charge on any atom is -0.489 e. The van der Waals surface area contributed by atoms with Crippen LogP contribution in [0, 0.1) is 5.82 Å². The molecule has 0 aliphatic carbocycles. The van der Waals surface area contributed by atoms with Crippen molar-refractivity contribution in [1.29, 1.82) is 0 Å². The first kappa shape index (κ1) is 11.9. The Morgan fingerprint density at radius 2 is 2.06 bits per heavy atom. The van der Waals surface area contributed by atoms with Gasteiger partial charge in [-0.05, 0) is 23.8 Å². The van der Waals surface area contributed by atoms with Gasteiger partial charge in [0.1, 0.15) is 18.2 Å². The highest BCUT2D eigenvalue weighted by molar-refractivity contribution is 6.17. The third-order valence-corrected chi connectivity index (χ3v) is 2.53. The van der Waals surface area contributed by atoms with E-state index in [1.54, 1.807) is 6.20 Å². The summed E-state index contributed by atoms with van der Waals surface area (Å²) in [6, 6.07) is 8.89. The summed E-state index contributed by atoms with van der Waals surface area (Å²) in [6.45, 7) is 0.288. The molecular formula is C13H11ClFNO. The van der Waals surface area contributed by atoms with Gasteiger partial charge >= 0.3 is 0 Å². The normalized spacial score (nSPS) is 10.2. The number of aromatic nitrogens is 1. The number of rotatable bonds is 4. The number of benzene rings is 1. The van der Waals surface area contributed by atoms with Gasteiger partial charge in [-0.3, -0.25) is 4.98 Å². The zero-order valence-corrected chi connectivity index (χ0v) is 9.82. The van der Waals surface area contributed by atoms with E-state index < -0.39 is 0 Å². The minimum atomic E-state index is -0.361. The standard InChI is InChI=1S/C13H11ClFNO/c14-6-10-2-1-3-13(5-10)17-9-11-4-12(15)8-16-7-11/h1-5,7-8H,6,9H2. The molecule has 4 heteroatoms. The van der Waals surface area contributed by atoms with E-state index in [-0.39, 0.29) is 12.4 Å². The van der Waals surface area contributed by atoms with Gasteiger partial charge in [0.05, 0.1) is 6.20 Å². The van der Waals surface area contributed by atoms with Crippen molar-refractivity contribution in [3.8, 4) is 5.75 Å². The lowest BCUT2D eigenvalue weighted by atomic mass is 10.2. The maximum atomic E-state index is 12.9. The van der Waals surface area contributed by atoms with E-state index in [4.69, 9.17) is 16.3 Å². The van der Waals surface area contributed by atoms with Crippen LogP contribution in [0.5, 0.6) is 5.75 Å². The second-order valence-corrected chi connectivity index (χ2v) is 3.85. The fourth-order valence-electron chi connectivity index (χ4n) is 1.42. The fourth-order valence-corrected chi connectivity index (χ4v) is 1.59. The second-order valence-electron chi connectivity index (χ2n) is 3.58. The lowest BCUT2D eigenvalue weighted by molar-refractivity contribution is 0.305. The molecule has 0 radical (unpaired) electrons. The van der Waals surface area contributed by atoms with Crippen molar-refractivity contribution < 1.29 is 9.13 Å². The molecule has 88 valence electrons. The van der Waals surface area contributed by atoms with Crippen LogP contribution in [0.15, 0.2) is 42.7 Å². The molecule has 0 aliphatic rings. The lowest BCUT2D eigenvalue weighted by Gasteiger charge is -2.07. The summed E-state index contributed by atoms with van der Waals surface area (Å²) >= 11 is 5.72. The molecule has 2 nitrogen and oxygen atoms in total. The van der Waals surface area contributed by atoms with Crippen LogP contribution in [0.25, 0.3) is 0 Å². The molecule has 2 rings (SSSR count). The minimum absolute atomic E-state index is 0.288. The summed E-state index contributed by atoms with van der Waals surface area (Å²) in [4.78, 5) is 3.75. The largest absolute Gasteiger partial charge is 0.489 e. The van der Waals surface area contributed by atoms with E-state index in [0.717, 1.165) is 11.8 Å². The van der Waals surface area contributed by atoms with E-state index in [1.165, 1.54) is 6.07 Å². The Bertz CT molecular complexity index is 504. The Morgan fingerprint density at radius 1 is 1.18 bits per heavy atom. The number of hydrogen-bond acceptors (Lipinski definition) is 2. The van der Waals surface area contributed by atoms with Gasteiger partial charge in [-0.15, -0.1) is 11.6 Å². The Balaban J connectivity index is 2.02. The van der Waals surface area contributed by atoms with E-state index in [0.29, 0.717) is 17.2 Å². The first-order valence-corrected chi connectivity index (χ1v) is 5.68. The molecule has 0 N–H and O–H groups in total. The zero-order valence-electron chi connectivity index (χ0n) is 9.07. The maximum Gasteiger partial charge on any atom is 0.141 e. The van der Waals surface area contributed by atoms with Gasteiger partial charge in [-0.2, -0.15) is 0 Å². The molecular weight excluding hydrogens is 241 g/mol. The van der Waals surface area contributed by atoms with Crippen molar-refractivity contribution >= 4 is 11.6 Å². The third kappa shape index (κ3) is 3.43. The van der Waals surface area contributed by atoms with Crippen molar-refractivity contribution in [1.82, 2.24) is 4.98 Å². The van der Waals surface area contributed by atoms with E-state index in [2.05, 4.69) is 4.98 Å². The number of halogens is 2. The van der Waals surface area contributed by atoms with Crippen LogP contribution in [-0.4, -0.2) is 4.98 Å². The quantitative estimate of drug-likeness (QED) is 0.776. The van der Waals surface area contributed by atoms with Gasteiger partial charge in [0.2, 0.25) is 0 Å². The molecule has 17 heavy (non-hydrogen) atoms. The van der Waals surface area contributed by atoms with Crippen molar-refractivity contribution in [3.63, 3.8) is 0 Å². The maximum absolute atomic E-state index is 12.9. The summed E-state index contributed by atoms with van der Waals surface area (Å²) in [5, 5.41) is 0. The fraction of sp³-hybridized carbons (Fsp3) is 0.154. The SMILES string of the molecule is Fc1cncc(COc2cccc(CCl)c2)c1. The molecule has 0 aliphatic heterocycles. The molecule has 0 bridgehead atoms. The van der Waals surface area contributed by atoms with Crippen LogP contribution in [0.4, 0.5) is 4.39 Å². The summed E-state index contributed by atoms with van der Waals surface area (Å²) < 4.78 is 18.4. The van der Waals surface area contributed by atoms with Crippen LogP contribution in [0.2, 0.25) is 0 Å². The molecule has 2 aromatic rings. The van der Waals surface area contributed by atoms with Gasteiger partial charge in [-0.1, -0.05) is 12.1 Å². The Morgan fingerprint density at radius 3 is 2.82 bits per heavy atom. The van der Waals surface area contributed by atoms with Gasteiger partial charge in [0, 0.05) is 17.6 Å². The molecule has 1 aromatic heterocycles. The van der Waals surface area contributed by atoms with Crippen LogP contribution in [-0.2, 0) is 12.5 Å². The first-order chi connectivity index (χ1) is 8.28. The number of pyridine rings is 1. The summed E-state index contributed by atoms with van der Waals surface area (Å²) in [5.74, 6) is 0.798. The topological polar surface area (TPSA) is 22.1 Å². The van der Waals surface area contributed by atoms with E-state index in [1.807, 2.05) is 24.3 Å². The second kappa shape index (κ2) is 5.64. The predicted molar refractivity (Wildman–Crippen MR) is 64.5 cm³/mol. The number of ether oxygens (including phenoxy) is 1. The molecule has 0 fully saturated rings. The lowest BCUT2D eigenvalue weighted by Crippen LogP contribution is -1.97. The van der Waals surface area contributed by atoms with Crippen molar-refractivity contribution in [3.05, 3.63) is 59.7 Å². The number of hydrogen-bond donors (Lipinski definition) is 0. The van der Waals surface area contributed by atoms with Crippen LogP contribution >= 0.6 is 11.6 Å². The average Bonchev–Trinajstić information content (AvgIpc) is 2.37. The zero-order chi connectivity index (χ0) is 12.1. The average molecular weight is 252 g/mol. The van der Waals surface area contributed by atoms with Crippen molar-refractivity contribution in [2.45, 2.75) is 12.5 Å². The highest BCUT2D eigenvalue weighted by Gasteiger charge is 1.99. The summed E-state index contributed by atoms with van der Waals surface area (Å²) in [5.41, 5.74) is 1.68. The van der Waals surface area contributed by atoms with Gasteiger partial charge in [-0.25, -0.2) is 4.39 Å². The molecule has 0 saturated carbocycles. The molecule has 1 heterocycles. The van der Waals surface area contributed by atoms with Crippen molar-refractivity contribution in [2.75, 3.05) is 0 Å². The van der Waals surface area contributed by atoms with Crippen molar-refractivity contribution in [2.24, 2.45) is 0 Å². The monoisotopic (exact) mass is 251 g/mol. The Kier molecular flexibility index (Phi) is 3.94. The third-order valence-electron chi connectivity index (χ3n) is 2.22. The Labute approximate surface area is 104 Å². The van der Waals surface area contributed by atoms with Crippen LogP contribution in [0.1, 0.15) is 11.1 Å². The highest BCUT2D eigenvalue weighted by Crippen LogP contribution is 2.16. The van der Waals surface area contributed by atoms with Crippen LogP contribution < -0.4 is 4.74 Å². The first-order valence-electron chi connectivity index (χ1n) is 5.15. The molecule has 0 amide bonds. The summed E-state index contributed by atoms with van der Waals surface area (Å²) in [6.07, 6.45) is 2.74. The smallest absolute Gasteiger partial charge is 0.141 e. The molecule has 0 saturated heterocycles. The van der Waals surface area contributed by atoms with Gasteiger partial charge < -0.3 is 4.74 Å². The van der Waals surface area contributed by atoms with Crippen LogP contribution in [0.3, 0.4) is 0 Å². The van der Waals surface area contributed by atoms with Gasteiger partial charge in [0.25, 0.3) is 0 Å². The molecule has 0 spiro atoms.